The Morgan fingerprint density at radius 3 is 2.80 bits per heavy atom. The van der Waals surface area contributed by atoms with Crippen LogP contribution in [0.3, 0.4) is 0 Å². The van der Waals surface area contributed by atoms with Crippen LogP contribution in [0.15, 0.2) is 22.0 Å². The van der Waals surface area contributed by atoms with E-state index in [1.807, 2.05) is 0 Å². The Morgan fingerprint density at radius 2 is 2.14 bits per heavy atom. The first kappa shape index (κ1) is 24.3. The standard InChI is InChI=1S/C22H21BrF3N5O2S2/c1-9-4-5-10-13(7-9)35-21(15(10)18(27)32)29-20(33)17-16(23)19-28-11(12-3-2-6-34-12)8-14(22(24,25)26)31(19)30-17/h2-3,6,9,11,14,28H,4-5,7-8H2,1H3,(H2,27,32)(H,29,33)/t9-,11+,14-/m1/s1. The number of hydrogen-bond acceptors (Lipinski definition) is 6. The van der Waals surface area contributed by atoms with Gasteiger partial charge in [-0.1, -0.05) is 13.0 Å². The van der Waals surface area contributed by atoms with Crippen molar-refractivity contribution in [3.8, 4) is 0 Å². The fourth-order valence-electron chi connectivity index (χ4n) is 4.67. The largest absolute Gasteiger partial charge is 0.410 e. The molecule has 4 N–H and O–H groups in total. The monoisotopic (exact) mass is 587 g/mol. The molecule has 0 saturated heterocycles. The van der Waals surface area contributed by atoms with Gasteiger partial charge in [-0.05, 0) is 58.1 Å². The summed E-state index contributed by atoms with van der Waals surface area (Å²) < 4.78 is 42.9. The number of halogens is 4. The van der Waals surface area contributed by atoms with Crippen molar-refractivity contribution in [1.82, 2.24) is 9.78 Å². The Labute approximate surface area is 215 Å². The Balaban J connectivity index is 1.50. The van der Waals surface area contributed by atoms with Crippen LogP contribution in [0.4, 0.5) is 24.0 Å². The second-order valence-corrected chi connectivity index (χ2v) is 11.7. The number of aromatic nitrogens is 2. The van der Waals surface area contributed by atoms with E-state index in [0.29, 0.717) is 17.3 Å². The number of carbonyl (C=O) groups excluding carboxylic acids is 2. The van der Waals surface area contributed by atoms with Crippen molar-refractivity contribution in [1.29, 1.82) is 0 Å². The highest BCUT2D eigenvalue weighted by Crippen LogP contribution is 2.47. The zero-order valence-corrected chi connectivity index (χ0v) is 21.6. The minimum absolute atomic E-state index is 0.0801. The molecular weight excluding hydrogens is 567 g/mol. The third-order valence-electron chi connectivity index (χ3n) is 6.38. The number of alkyl halides is 3. The number of rotatable bonds is 4. The van der Waals surface area contributed by atoms with Crippen LogP contribution in [0.25, 0.3) is 0 Å². The first-order valence-electron chi connectivity index (χ1n) is 10.9. The first-order chi connectivity index (χ1) is 16.5. The number of nitrogens with one attached hydrogen (secondary N) is 2. The van der Waals surface area contributed by atoms with Crippen LogP contribution in [0, 0.1) is 5.92 Å². The summed E-state index contributed by atoms with van der Waals surface area (Å²) in [6.45, 7) is 2.12. The van der Waals surface area contributed by atoms with Crippen LogP contribution in [-0.4, -0.2) is 27.8 Å². The number of anilines is 2. The highest BCUT2D eigenvalue weighted by Gasteiger charge is 2.48. The van der Waals surface area contributed by atoms with Gasteiger partial charge in [-0.25, -0.2) is 4.68 Å². The summed E-state index contributed by atoms with van der Waals surface area (Å²) in [5.74, 6) is -0.839. The van der Waals surface area contributed by atoms with Crippen molar-refractivity contribution in [3.63, 3.8) is 0 Å². The number of fused-ring (bicyclic) bond motifs is 2. The Morgan fingerprint density at radius 1 is 1.37 bits per heavy atom. The van der Waals surface area contributed by atoms with Gasteiger partial charge in [0.2, 0.25) is 0 Å². The van der Waals surface area contributed by atoms with E-state index in [-0.39, 0.29) is 28.0 Å². The zero-order chi connectivity index (χ0) is 25.1. The molecule has 5 rings (SSSR count). The molecule has 0 unspecified atom stereocenters. The lowest BCUT2D eigenvalue weighted by Crippen LogP contribution is -2.35. The molecule has 0 saturated carbocycles. The summed E-state index contributed by atoms with van der Waals surface area (Å²) in [5.41, 5.74) is 6.53. The van der Waals surface area contributed by atoms with Crippen molar-refractivity contribution in [2.45, 2.75) is 50.9 Å². The molecule has 0 aromatic carbocycles. The molecule has 3 aromatic rings. The summed E-state index contributed by atoms with van der Waals surface area (Å²) in [6.07, 6.45) is -2.44. The normalized spacial score (nSPS) is 21.7. The molecule has 3 aromatic heterocycles. The smallest absolute Gasteiger partial charge is 0.365 e. The predicted octanol–water partition coefficient (Wildman–Crippen LogP) is 5.90. The van der Waals surface area contributed by atoms with E-state index >= 15 is 0 Å². The van der Waals surface area contributed by atoms with Gasteiger partial charge < -0.3 is 16.4 Å². The van der Waals surface area contributed by atoms with Crippen LogP contribution < -0.4 is 16.4 Å². The third-order valence-corrected chi connectivity index (χ3v) is 9.29. The van der Waals surface area contributed by atoms with Gasteiger partial charge in [0.05, 0.1) is 16.1 Å². The Kier molecular flexibility index (Phi) is 6.20. The van der Waals surface area contributed by atoms with E-state index < -0.39 is 30.1 Å². The minimum Gasteiger partial charge on any atom is -0.365 e. The van der Waals surface area contributed by atoms with Crippen molar-refractivity contribution in [2.24, 2.45) is 11.7 Å². The third kappa shape index (κ3) is 4.38. The molecule has 3 atom stereocenters. The van der Waals surface area contributed by atoms with E-state index in [1.54, 1.807) is 17.5 Å². The van der Waals surface area contributed by atoms with Gasteiger partial charge in [0.25, 0.3) is 11.8 Å². The van der Waals surface area contributed by atoms with Crippen LogP contribution >= 0.6 is 38.6 Å². The molecule has 1 aliphatic heterocycles. The molecule has 13 heteroatoms. The average molecular weight is 588 g/mol. The summed E-state index contributed by atoms with van der Waals surface area (Å²) in [4.78, 5) is 27.2. The second kappa shape index (κ2) is 8.93. The van der Waals surface area contributed by atoms with Crippen LogP contribution in [0.5, 0.6) is 0 Å². The van der Waals surface area contributed by atoms with E-state index in [2.05, 4.69) is 38.6 Å². The lowest BCUT2D eigenvalue weighted by Gasteiger charge is -2.33. The number of nitrogens with zero attached hydrogens (tertiary/aromatic N) is 2. The summed E-state index contributed by atoms with van der Waals surface area (Å²) in [7, 11) is 0. The highest BCUT2D eigenvalue weighted by atomic mass is 79.9. The molecule has 0 fully saturated rings. The van der Waals surface area contributed by atoms with Crippen molar-refractivity contribution < 1.29 is 22.8 Å². The number of primary amides is 1. The lowest BCUT2D eigenvalue weighted by atomic mass is 9.88. The SMILES string of the molecule is C[C@@H]1CCc2c(sc(NC(=O)c3nn4c(c3Br)N[C@H](c3cccs3)C[C@@H]4C(F)(F)F)c2C(N)=O)C1. The molecule has 1 aliphatic carbocycles. The molecule has 0 bridgehead atoms. The molecule has 2 aliphatic rings. The Bertz CT molecular complexity index is 1300. The lowest BCUT2D eigenvalue weighted by molar-refractivity contribution is -0.173. The van der Waals surface area contributed by atoms with Gasteiger partial charge in [0, 0.05) is 16.2 Å². The van der Waals surface area contributed by atoms with Crippen LogP contribution in [-0.2, 0) is 12.8 Å². The predicted molar refractivity (Wildman–Crippen MR) is 132 cm³/mol. The number of nitrogens with two attached hydrogens (primary N) is 1. The maximum absolute atomic E-state index is 14.0. The van der Waals surface area contributed by atoms with Gasteiger partial charge in [-0.3, -0.25) is 9.59 Å². The molecular formula is C22H21BrF3N5O2S2. The molecule has 186 valence electrons. The molecule has 2 amide bonds. The summed E-state index contributed by atoms with van der Waals surface area (Å²) in [6, 6.07) is 1.07. The van der Waals surface area contributed by atoms with E-state index in [0.717, 1.165) is 32.8 Å². The highest BCUT2D eigenvalue weighted by molar-refractivity contribution is 9.10. The van der Waals surface area contributed by atoms with Crippen LogP contribution in [0.1, 0.15) is 68.0 Å². The number of amides is 2. The van der Waals surface area contributed by atoms with Crippen LogP contribution in [0.2, 0.25) is 0 Å². The fraction of sp³-hybridized carbons (Fsp3) is 0.409. The van der Waals surface area contributed by atoms with Crippen molar-refractivity contribution in [3.05, 3.63) is 48.6 Å². The maximum atomic E-state index is 14.0. The summed E-state index contributed by atoms with van der Waals surface area (Å²) in [5, 5.41) is 11.9. The van der Waals surface area contributed by atoms with E-state index in [1.165, 1.54) is 22.7 Å². The minimum atomic E-state index is -4.56. The second-order valence-electron chi connectivity index (χ2n) is 8.84. The molecule has 7 nitrogen and oxygen atoms in total. The zero-order valence-electron chi connectivity index (χ0n) is 18.4. The maximum Gasteiger partial charge on any atom is 0.410 e. The van der Waals surface area contributed by atoms with Gasteiger partial charge in [0.1, 0.15) is 10.8 Å². The van der Waals surface area contributed by atoms with Gasteiger partial charge in [-0.2, -0.15) is 18.3 Å². The Hall–Kier alpha value is -2.38. The number of hydrogen-bond donors (Lipinski definition) is 3. The topological polar surface area (TPSA) is 102 Å². The van der Waals surface area contributed by atoms with Gasteiger partial charge >= 0.3 is 6.18 Å². The summed E-state index contributed by atoms with van der Waals surface area (Å²) >= 11 is 5.93. The number of thiophene rings is 2. The molecule has 0 radical (unpaired) electrons. The average Bonchev–Trinajstić information content (AvgIpc) is 3.50. The van der Waals surface area contributed by atoms with Crippen molar-refractivity contribution >= 4 is 61.2 Å². The molecule has 35 heavy (non-hydrogen) atoms. The number of carbonyl (C=O) groups is 2. The van der Waals surface area contributed by atoms with Crippen molar-refractivity contribution in [2.75, 3.05) is 10.6 Å². The molecule has 0 spiro atoms. The fourth-order valence-corrected chi connectivity index (χ4v) is 7.43. The van der Waals surface area contributed by atoms with Gasteiger partial charge in [-0.15, -0.1) is 22.7 Å². The van der Waals surface area contributed by atoms with Gasteiger partial charge in [0.15, 0.2) is 11.7 Å². The first-order valence-corrected chi connectivity index (χ1v) is 13.4. The quantitative estimate of drug-likeness (QED) is 0.353. The van der Waals surface area contributed by atoms with E-state index in [4.69, 9.17) is 5.73 Å². The van der Waals surface area contributed by atoms with E-state index in [9.17, 15) is 22.8 Å². The molecule has 4 heterocycles.